The summed E-state index contributed by atoms with van der Waals surface area (Å²) < 4.78 is 10.3. The summed E-state index contributed by atoms with van der Waals surface area (Å²) in [6.45, 7) is 1.93. The predicted molar refractivity (Wildman–Crippen MR) is 75.6 cm³/mol. The summed E-state index contributed by atoms with van der Waals surface area (Å²) in [5.41, 5.74) is 0.535. The molecule has 102 valence electrons. The summed E-state index contributed by atoms with van der Waals surface area (Å²) in [6.07, 6.45) is 1.44. The normalized spacial score (nSPS) is 11.7. The molecule has 1 aromatic carbocycles. The zero-order valence-electron chi connectivity index (χ0n) is 11.1. The molecule has 0 spiro atoms. The first-order chi connectivity index (χ1) is 9.74. The van der Waals surface area contributed by atoms with Crippen molar-refractivity contribution in [1.82, 2.24) is 0 Å². The van der Waals surface area contributed by atoms with Gasteiger partial charge in [-0.15, -0.1) is 0 Å². The van der Waals surface area contributed by atoms with Crippen LogP contribution in [-0.4, -0.2) is 17.7 Å². The van der Waals surface area contributed by atoms with E-state index < -0.39 is 5.97 Å². The highest BCUT2D eigenvalue weighted by molar-refractivity contribution is 6.22. The standard InChI is InChI=1S/C16H14O4/c1-2-19-16(18)14(13-10-6-7-11-20-13)15(17)12-8-4-3-5-9-12/h3-11H,2H2,1H3/p+1. The highest BCUT2D eigenvalue weighted by Gasteiger charge is 2.28. The van der Waals surface area contributed by atoms with Crippen LogP contribution in [0.3, 0.4) is 0 Å². The highest BCUT2D eigenvalue weighted by Crippen LogP contribution is 2.25. The molecule has 0 radical (unpaired) electrons. The first-order valence-corrected chi connectivity index (χ1v) is 6.27. The van der Waals surface area contributed by atoms with E-state index >= 15 is 0 Å². The molecular weight excluding hydrogens is 256 g/mol. The number of aliphatic hydroxyl groups is 1. The summed E-state index contributed by atoms with van der Waals surface area (Å²) in [5.74, 6) is -0.532. The molecule has 0 saturated heterocycles. The second kappa shape index (κ2) is 6.52. The van der Waals surface area contributed by atoms with Crippen molar-refractivity contribution in [3.63, 3.8) is 0 Å². The van der Waals surface area contributed by atoms with E-state index in [1.165, 1.54) is 6.26 Å². The van der Waals surface area contributed by atoms with E-state index in [1.807, 2.05) is 6.07 Å². The molecule has 0 aliphatic rings. The largest absolute Gasteiger partial charge is 0.506 e. The third-order valence-corrected chi connectivity index (χ3v) is 2.64. The monoisotopic (exact) mass is 271 g/mol. The molecule has 0 aliphatic heterocycles. The fourth-order valence-electron chi connectivity index (χ4n) is 1.74. The van der Waals surface area contributed by atoms with E-state index in [1.54, 1.807) is 49.4 Å². The SMILES string of the molecule is CCOC(=O)/C(=C(\O)c1ccccc1)c1cccc[o+]1. The summed E-state index contributed by atoms with van der Waals surface area (Å²) in [6, 6.07) is 13.8. The van der Waals surface area contributed by atoms with Gasteiger partial charge >= 0.3 is 18.0 Å². The molecule has 20 heavy (non-hydrogen) atoms. The maximum atomic E-state index is 12.1. The summed E-state index contributed by atoms with van der Waals surface area (Å²) >= 11 is 0. The lowest BCUT2D eigenvalue weighted by molar-refractivity contribution is -0.136. The van der Waals surface area contributed by atoms with Crippen molar-refractivity contribution in [2.75, 3.05) is 6.61 Å². The molecule has 0 aliphatic carbocycles. The Morgan fingerprint density at radius 2 is 1.85 bits per heavy atom. The molecule has 0 bridgehead atoms. The number of hydrogen-bond acceptors (Lipinski definition) is 3. The van der Waals surface area contributed by atoms with Crippen LogP contribution in [0, 0.1) is 0 Å². The average molecular weight is 271 g/mol. The van der Waals surface area contributed by atoms with Crippen LogP contribution in [-0.2, 0) is 9.53 Å². The molecule has 1 heterocycles. The molecule has 1 N–H and O–H groups in total. The minimum atomic E-state index is -0.621. The number of carbonyl (C=O) groups excluding carboxylic acids is 1. The third-order valence-electron chi connectivity index (χ3n) is 2.64. The van der Waals surface area contributed by atoms with E-state index in [4.69, 9.17) is 9.15 Å². The Bertz CT molecular complexity index is 603. The van der Waals surface area contributed by atoms with Gasteiger partial charge in [-0.25, -0.2) is 9.21 Å². The van der Waals surface area contributed by atoms with Crippen molar-refractivity contribution in [2.45, 2.75) is 6.92 Å². The van der Waals surface area contributed by atoms with Crippen molar-refractivity contribution in [1.29, 1.82) is 0 Å². The molecule has 2 aromatic rings. The minimum Gasteiger partial charge on any atom is -0.506 e. The van der Waals surface area contributed by atoms with Gasteiger partial charge in [0.15, 0.2) is 0 Å². The van der Waals surface area contributed by atoms with Gasteiger partial charge in [-0.3, -0.25) is 0 Å². The third kappa shape index (κ3) is 3.03. The Hall–Kier alpha value is -2.62. The van der Waals surface area contributed by atoms with Gasteiger partial charge in [0.1, 0.15) is 5.76 Å². The number of hydrogen-bond donors (Lipinski definition) is 1. The van der Waals surface area contributed by atoms with Crippen molar-refractivity contribution in [2.24, 2.45) is 0 Å². The molecule has 0 amide bonds. The fourth-order valence-corrected chi connectivity index (χ4v) is 1.74. The van der Waals surface area contributed by atoms with Crippen molar-refractivity contribution in [3.8, 4) is 0 Å². The molecule has 0 atom stereocenters. The quantitative estimate of drug-likeness (QED) is 0.400. The van der Waals surface area contributed by atoms with Crippen LogP contribution < -0.4 is 0 Å². The topological polar surface area (TPSA) is 57.8 Å². The summed E-state index contributed by atoms with van der Waals surface area (Å²) in [5, 5.41) is 10.3. The fraction of sp³-hybridized carbons (Fsp3) is 0.125. The van der Waals surface area contributed by atoms with E-state index in [2.05, 4.69) is 0 Å². The molecule has 4 nitrogen and oxygen atoms in total. The van der Waals surface area contributed by atoms with Crippen molar-refractivity contribution >= 4 is 17.3 Å². The number of benzene rings is 1. The number of ether oxygens (including phenoxy) is 1. The molecule has 2 rings (SSSR count). The van der Waals surface area contributed by atoms with Crippen molar-refractivity contribution < 1.29 is 19.1 Å². The van der Waals surface area contributed by atoms with E-state index in [0.717, 1.165) is 0 Å². The Labute approximate surface area is 116 Å². The Morgan fingerprint density at radius 3 is 2.45 bits per heavy atom. The minimum absolute atomic E-state index is 0.0126. The maximum Gasteiger partial charge on any atom is 0.370 e. The second-order valence-electron chi connectivity index (χ2n) is 3.98. The number of esters is 1. The number of rotatable bonds is 4. The van der Waals surface area contributed by atoms with Gasteiger partial charge in [-0.1, -0.05) is 30.3 Å². The Balaban J connectivity index is 2.54. The average Bonchev–Trinajstić information content (AvgIpc) is 2.50. The van der Waals surface area contributed by atoms with E-state index in [0.29, 0.717) is 5.56 Å². The lowest BCUT2D eigenvalue weighted by Gasteiger charge is -2.05. The van der Waals surface area contributed by atoms with Gasteiger partial charge in [-0.2, -0.15) is 0 Å². The predicted octanol–water partition coefficient (Wildman–Crippen LogP) is 3.55. The molecule has 4 heteroatoms. The van der Waals surface area contributed by atoms with Crippen LogP contribution in [0.25, 0.3) is 11.3 Å². The van der Waals surface area contributed by atoms with E-state index in [-0.39, 0.29) is 23.7 Å². The van der Waals surface area contributed by atoms with Crippen LogP contribution in [0.5, 0.6) is 0 Å². The van der Waals surface area contributed by atoms with Crippen LogP contribution >= 0.6 is 0 Å². The highest BCUT2D eigenvalue weighted by atomic mass is 16.5. The van der Waals surface area contributed by atoms with Crippen molar-refractivity contribution in [3.05, 3.63) is 66.1 Å². The van der Waals surface area contributed by atoms with Crippen LogP contribution in [0.4, 0.5) is 0 Å². The summed E-state index contributed by atoms with van der Waals surface area (Å²) in [4.78, 5) is 12.1. The smallest absolute Gasteiger partial charge is 0.370 e. The van der Waals surface area contributed by atoms with Crippen LogP contribution in [0.1, 0.15) is 18.2 Å². The van der Waals surface area contributed by atoms with Gasteiger partial charge in [0, 0.05) is 17.7 Å². The first-order valence-electron chi connectivity index (χ1n) is 6.27. The van der Waals surface area contributed by atoms with Gasteiger partial charge in [-0.05, 0) is 13.0 Å². The zero-order chi connectivity index (χ0) is 14.4. The van der Waals surface area contributed by atoms with Gasteiger partial charge < -0.3 is 9.84 Å². The zero-order valence-corrected chi connectivity index (χ0v) is 11.1. The Kier molecular flexibility index (Phi) is 4.50. The molecule has 0 fully saturated rings. The molecule has 0 unspecified atom stereocenters. The van der Waals surface area contributed by atoms with E-state index in [9.17, 15) is 9.90 Å². The van der Waals surface area contributed by atoms with Crippen LogP contribution in [0.2, 0.25) is 0 Å². The molecular formula is C16H15O4+. The molecule has 0 saturated carbocycles. The second-order valence-corrected chi connectivity index (χ2v) is 3.98. The lowest BCUT2D eigenvalue weighted by Crippen LogP contribution is -2.09. The Morgan fingerprint density at radius 1 is 1.15 bits per heavy atom. The first kappa shape index (κ1) is 13.8. The van der Waals surface area contributed by atoms with Crippen LogP contribution in [0.15, 0.2) is 59.2 Å². The van der Waals surface area contributed by atoms with Gasteiger partial charge in [0.05, 0.1) is 6.61 Å². The summed E-state index contributed by atoms with van der Waals surface area (Å²) in [7, 11) is 0. The van der Waals surface area contributed by atoms with Gasteiger partial charge in [0.2, 0.25) is 5.57 Å². The maximum absolute atomic E-state index is 12.1. The lowest BCUT2D eigenvalue weighted by atomic mass is 10.1. The van der Waals surface area contributed by atoms with Gasteiger partial charge in [0.25, 0.3) is 0 Å². The number of aliphatic hydroxyl groups excluding tert-OH is 1. The molecule has 1 aromatic heterocycles. The number of carbonyl (C=O) groups is 1.